The van der Waals surface area contributed by atoms with Gasteiger partial charge in [0.05, 0.1) is 18.4 Å². The minimum atomic E-state index is -4.38. The summed E-state index contributed by atoms with van der Waals surface area (Å²) in [6.07, 6.45) is -4.38. The lowest BCUT2D eigenvalue weighted by Crippen LogP contribution is -2.17. The Morgan fingerprint density at radius 1 is 1.17 bits per heavy atom. The van der Waals surface area contributed by atoms with Crippen molar-refractivity contribution in [3.8, 4) is 11.3 Å². The number of hydrogen-bond acceptors (Lipinski definition) is 4. The van der Waals surface area contributed by atoms with Gasteiger partial charge in [-0.15, -0.1) is 0 Å². The molecule has 2 rings (SSSR count). The van der Waals surface area contributed by atoms with E-state index in [1.54, 1.807) is 32.0 Å². The second-order valence-electron chi connectivity index (χ2n) is 5.49. The molecule has 0 saturated carbocycles. The summed E-state index contributed by atoms with van der Waals surface area (Å²) in [5.41, 5.74) is 1.31. The summed E-state index contributed by atoms with van der Waals surface area (Å²) in [7, 11) is 4.72. The average molecular weight is 338 g/mol. The number of pyridine rings is 1. The molecule has 1 aromatic heterocycles. The number of nitrogens with zero attached hydrogens (tertiary/aromatic N) is 2. The van der Waals surface area contributed by atoms with Crippen LogP contribution in [0.15, 0.2) is 30.3 Å². The van der Waals surface area contributed by atoms with E-state index in [1.807, 2.05) is 0 Å². The molecular formula is C17H17F3N2O2. The Morgan fingerprint density at radius 3 is 2.21 bits per heavy atom. The Labute approximate surface area is 137 Å². The summed E-state index contributed by atoms with van der Waals surface area (Å²) < 4.78 is 42.8. The van der Waals surface area contributed by atoms with E-state index in [4.69, 9.17) is 4.74 Å². The van der Waals surface area contributed by atoms with Crippen LogP contribution in [-0.2, 0) is 10.9 Å². The van der Waals surface area contributed by atoms with Gasteiger partial charge in [0.2, 0.25) is 0 Å². The maximum absolute atomic E-state index is 12.7. The predicted octanol–water partition coefficient (Wildman–Crippen LogP) is 3.93. The number of halogens is 3. The number of methoxy groups -OCH3 is 1. The normalized spacial score (nSPS) is 11.3. The highest BCUT2D eigenvalue weighted by Gasteiger charge is 2.30. The predicted molar refractivity (Wildman–Crippen MR) is 85.1 cm³/mol. The zero-order valence-corrected chi connectivity index (χ0v) is 13.7. The van der Waals surface area contributed by atoms with Crippen molar-refractivity contribution in [1.29, 1.82) is 0 Å². The van der Waals surface area contributed by atoms with E-state index in [2.05, 4.69) is 4.98 Å². The van der Waals surface area contributed by atoms with Gasteiger partial charge in [0.25, 0.3) is 0 Å². The van der Waals surface area contributed by atoms with Gasteiger partial charge in [-0.2, -0.15) is 13.2 Å². The molecule has 1 heterocycles. The fraction of sp³-hybridized carbons (Fsp3) is 0.294. The number of esters is 1. The lowest BCUT2D eigenvalue weighted by molar-refractivity contribution is -0.137. The van der Waals surface area contributed by atoms with Gasteiger partial charge in [-0.25, -0.2) is 9.78 Å². The first-order valence-electron chi connectivity index (χ1n) is 7.10. The standard InChI is InChI=1S/C17H17F3N2O2/c1-10-9-13(16(23)24-4)15(22(2)3)21-14(10)11-5-7-12(8-6-11)17(18,19)20/h5-9H,1-4H3. The number of anilines is 1. The Morgan fingerprint density at radius 2 is 1.75 bits per heavy atom. The number of benzene rings is 1. The lowest BCUT2D eigenvalue weighted by Gasteiger charge is -2.18. The molecule has 2 aromatic rings. The van der Waals surface area contributed by atoms with Gasteiger partial charge < -0.3 is 9.64 Å². The third-order valence-electron chi connectivity index (χ3n) is 3.51. The number of rotatable bonds is 3. The number of ether oxygens (including phenoxy) is 1. The van der Waals surface area contributed by atoms with Gasteiger partial charge in [-0.3, -0.25) is 0 Å². The molecule has 4 nitrogen and oxygen atoms in total. The molecule has 0 saturated heterocycles. The molecule has 24 heavy (non-hydrogen) atoms. The number of hydrogen-bond donors (Lipinski definition) is 0. The highest BCUT2D eigenvalue weighted by atomic mass is 19.4. The smallest absolute Gasteiger partial charge is 0.416 e. The number of aromatic nitrogens is 1. The van der Waals surface area contributed by atoms with Crippen LogP contribution in [0.2, 0.25) is 0 Å². The maximum atomic E-state index is 12.7. The molecule has 0 atom stereocenters. The summed E-state index contributed by atoms with van der Waals surface area (Å²) in [5, 5.41) is 0. The molecule has 0 spiro atoms. The number of aryl methyl sites for hydroxylation is 1. The Bertz CT molecular complexity index is 754. The van der Waals surface area contributed by atoms with E-state index in [-0.39, 0.29) is 0 Å². The average Bonchev–Trinajstić information content (AvgIpc) is 2.52. The van der Waals surface area contributed by atoms with Crippen LogP contribution in [0.1, 0.15) is 21.5 Å². The van der Waals surface area contributed by atoms with Gasteiger partial charge in [0.15, 0.2) is 0 Å². The topological polar surface area (TPSA) is 42.4 Å². The van der Waals surface area contributed by atoms with Gasteiger partial charge in [-0.1, -0.05) is 12.1 Å². The quantitative estimate of drug-likeness (QED) is 0.796. The van der Waals surface area contributed by atoms with Crippen molar-refractivity contribution in [1.82, 2.24) is 4.98 Å². The summed E-state index contributed by atoms with van der Waals surface area (Å²) in [6.45, 7) is 1.74. The van der Waals surface area contributed by atoms with E-state index in [0.717, 1.165) is 12.1 Å². The second kappa shape index (κ2) is 6.51. The number of alkyl halides is 3. The van der Waals surface area contributed by atoms with E-state index >= 15 is 0 Å². The minimum absolute atomic E-state index is 0.302. The van der Waals surface area contributed by atoms with E-state index < -0.39 is 17.7 Å². The van der Waals surface area contributed by atoms with Gasteiger partial charge in [-0.05, 0) is 30.7 Å². The van der Waals surface area contributed by atoms with Crippen molar-refractivity contribution < 1.29 is 22.7 Å². The molecule has 0 unspecified atom stereocenters. The molecule has 1 aromatic carbocycles. The van der Waals surface area contributed by atoms with Crippen molar-refractivity contribution in [2.75, 3.05) is 26.1 Å². The molecular weight excluding hydrogens is 321 g/mol. The van der Waals surface area contributed by atoms with E-state index in [0.29, 0.717) is 28.2 Å². The Hall–Kier alpha value is -2.57. The Balaban J connectivity index is 2.55. The largest absolute Gasteiger partial charge is 0.465 e. The number of carbonyl (C=O) groups excluding carboxylic acids is 1. The van der Waals surface area contributed by atoms with Crippen LogP contribution in [0, 0.1) is 6.92 Å². The molecule has 0 aliphatic rings. The summed E-state index contributed by atoms with van der Waals surface area (Å²) in [4.78, 5) is 18.0. The van der Waals surface area contributed by atoms with Crippen LogP contribution in [-0.4, -0.2) is 32.2 Å². The van der Waals surface area contributed by atoms with Gasteiger partial charge in [0, 0.05) is 19.7 Å². The van der Waals surface area contributed by atoms with Crippen LogP contribution in [0.3, 0.4) is 0 Å². The van der Waals surface area contributed by atoms with Crippen LogP contribution in [0.25, 0.3) is 11.3 Å². The summed E-state index contributed by atoms with van der Waals surface area (Å²) in [6, 6.07) is 6.39. The molecule has 0 N–H and O–H groups in total. The molecule has 0 amide bonds. The minimum Gasteiger partial charge on any atom is -0.465 e. The monoisotopic (exact) mass is 338 g/mol. The van der Waals surface area contributed by atoms with Crippen molar-refractivity contribution in [3.05, 3.63) is 47.0 Å². The second-order valence-corrected chi connectivity index (χ2v) is 5.49. The fourth-order valence-electron chi connectivity index (χ4n) is 2.31. The van der Waals surface area contributed by atoms with Gasteiger partial charge in [0.1, 0.15) is 11.4 Å². The van der Waals surface area contributed by atoms with E-state index in [9.17, 15) is 18.0 Å². The maximum Gasteiger partial charge on any atom is 0.416 e. The van der Waals surface area contributed by atoms with E-state index in [1.165, 1.54) is 19.2 Å². The molecule has 128 valence electrons. The third kappa shape index (κ3) is 3.50. The molecule has 0 bridgehead atoms. The SMILES string of the molecule is COC(=O)c1cc(C)c(-c2ccc(C(F)(F)F)cc2)nc1N(C)C. The van der Waals surface area contributed by atoms with Crippen LogP contribution in [0.5, 0.6) is 0 Å². The van der Waals surface area contributed by atoms with Crippen LogP contribution >= 0.6 is 0 Å². The highest BCUT2D eigenvalue weighted by Crippen LogP contribution is 2.32. The van der Waals surface area contributed by atoms with Crippen molar-refractivity contribution in [3.63, 3.8) is 0 Å². The third-order valence-corrected chi connectivity index (χ3v) is 3.51. The first kappa shape index (κ1) is 17.8. The number of carbonyl (C=O) groups is 1. The van der Waals surface area contributed by atoms with Gasteiger partial charge >= 0.3 is 12.1 Å². The molecule has 0 aliphatic carbocycles. The highest BCUT2D eigenvalue weighted by molar-refractivity contribution is 5.95. The first-order valence-corrected chi connectivity index (χ1v) is 7.10. The molecule has 0 aliphatic heterocycles. The lowest BCUT2D eigenvalue weighted by atomic mass is 10.0. The van der Waals surface area contributed by atoms with Crippen LogP contribution in [0.4, 0.5) is 19.0 Å². The van der Waals surface area contributed by atoms with Crippen molar-refractivity contribution in [2.24, 2.45) is 0 Å². The fourth-order valence-corrected chi connectivity index (χ4v) is 2.31. The van der Waals surface area contributed by atoms with Crippen LogP contribution < -0.4 is 4.90 Å². The first-order chi connectivity index (χ1) is 11.1. The summed E-state index contributed by atoms with van der Waals surface area (Å²) >= 11 is 0. The zero-order chi connectivity index (χ0) is 18.1. The van der Waals surface area contributed by atoms with Crippen molar-refractivity contribution >= 4 is 11.8 Å². The zero-order valence-electron chi connectivity index (χ0n) is 13.7. The summed E-state index contributed by atoms with van der Waals surface area (Å²) in [5.74, 6) is -0.129. The Kier molecular flexibility index (Phi) is 4.82. The molecule has 0 radical (unpaired) electrons. The molecule has 0 fully saturated rings. The van der Waals surface area contributed by atoms with Crippen molar-refractivity contribution in [2.45, 2.75) is 13.1 Å². The molecule has 7 heteroatoms.